The van der Waals surface area contributed by atoms with Crippen LogP contribution in [-0.4, -0.2) is 20.2 Å². The van der Waals surface area contributed by atoms with Crippen LogP contribution in [0.25, 0.3) is 11.3 Å². The van der Waals surface area contributed by atoms with E-state index in [0.29, 0.717) is 17.3 Å². The number of hydrogen-bond acceptors (Lipinski definition) is 6. The van der Waals surface area contributed by atoms with E-state index in [2.05, 4.69) is 25.5 Å². The monoisotopic (exact) mass is 278 g/mol. The lowest BCUT2D eigenvalue weighted by atomic mass is 10.2. The second-order valence-corrected chi connectivity index (χ2v) is 4.61. The van der Waals surface area contributed by atoms with Gasteiger partial charge in [0.05, 0.1) is 11.9 Å². The molecule has 3 N–H and O–H groups in total. The summed E-state index contributed by atoms with van der Waals surface area (Å²) >= 11 is 0. The van der Waals surface area contributed by atoms with Gasteiger partial charge in [-0.2, -0.15) is 5.10 Å². The minimum absolute atomic E-state index is 0.421. The lowest BCUT2D eigenvalue weighted by molar-refractivity contribution is 0.981. The zero-order valence-corrected chi connectivity index (χ0v) is 11.5. The molecule has 0 aliphatic rings. The van der Waals surface area contributed by atoms with E-state index in [9.17, 15) is 0 Å². The van der Waals surface area contributed by atoms with Gasteiger partial charge in [-0.1, -0.05) is 6.07 Å². The van der Waals surface area contributed by atoms with Crippen molar-refractivity contribution in [1.29, 1.82) is 0 Å². The van der Waals surface area contributed by atoms with Gasteiger partial charge >= 0.3 is 0 Å². The molecule has 0 aliphatic heterocycles. The first-order valence-electron chi connectivity index (χ1n) is 6.45. The molecule has 2 heterocycles. The number of aromatic nitrogens is 4. The fourth-order valence-electron chi connectivity index (χ4n) is 1.90. The maximum Gasteiger partial charge on any atom is 0.247 e. The van der Waals surface area contributed by atoms with Crippen LogP contribution >= 0.6 is 0 Å². The molecule has 3 rings (SSSR count). The molecule has 3 aromatic rings. The normalized spacial score (nSPS) is 10.3. The van der Waals surface area contributed by atoms with E-state index in [-0.39, 0.29) is 0 Å². The highest BCUT2D eigenvalue weighted by Crippen LogP contribution is 2.22. The van der Waals surface area contributed by atoms with Gasteiger partial charge in [-0.3, -0.25) is 4.98 Å². The summed E-state index contributed by atoms with van der Waals surface area (Å²) in [7, 11) is 0. The molecule has 0 amide bonds. The zero-order valence-electron chi connectivity index (χ0n) is 11.5. The minimum Gasteiger partial charge on any atom is -0.399 e. The van der Waals surface area contributed by atoms with Crippen molar-refractivity contribution >= 4 is 17.3 Å². The Hall–Kier alpha value is -3.02. The Morgan fingerprint density at radius 2 is 2.05 bits per heavy atom. The van der Waals surface area contributed by atoms with Crippen molar-refractivity contribution in [1.82, 2.24) is 20.2 Å². The number of nitrogens with zero attached hydrogens (tertiary/aromatic N) is 4. The molecule has 2 aromatic heterocycles. The van der Waals surface area contributed by atoms with Gasteiger partial charge in [0.2, 0.25) is 5.95 Å². The quantitative estimate of drug-likeness (QED) is 0.716. The average molecular weight is 278 g/mol. The van der Waals surface area contributed by atoms with Crippen molar-refractivity contribution in [2.75, 3.05) is 11.1 Å². The molecule has 0 atom stereocenters. The molecule has 6 heteroatoms. The van der Waals surface area contributed by atoms with Gasteiger partial charge in [0, 0.05) is 29.3 Å². The van der Waals surface area contributed by atoms with Crippen LogP contribution in [0, 0.1) is 6.92 Å². The maximum absolute atomic E-state index is 5.80. The van der Waals surface area contributed by atoms with Crippen LogP contribution in [0.3, 0.4) is 0 Å². The van der Waals surface area contributed by atoms with Gasteiger partial charge in [-0.15, -0.1) is 5.10 Å². The Morgan fingerprint density at radius 1 is 1.14 bits per heavy atom. The van der Waals surface area contributed by atoms with Gasteiger partial charge in [0.25, 0.3) is 0 Å². The fraction of sp³-hybridized carbons (Fsp3) is 0.0667. The van der Waals surface area contributed by atoms with Crippen LogP contribution in [0.2, 0.25) is 0 Å². The molecule has 0 aliphatic carbocycles. The summed E-state index contributed by atoms with van der Waals surface area (Å²) in [6.45, 7) is 1.99. The number of nitrogens with two attached hydrogens (primary N) is 1. The highest BCUT2D eigenvalue weighted by molar-refractivity contribution is 5.65. The van der Waals surface area contributed by atoms with Gasteiger partial charge in [-0.05, 0) is 36.8 Å². The SMILES string of the molecule is Cc1ccc(N)cc1Nc1nncc(-c2cccnc2)n1. The highest BCUT2D eigenvalue weighted by atomic mass is 15.2. The third kappa shape index (κ3) is 2.94. The van der Waals surface area contributed by atoms with Crippen molar-refractivity contribution < 1.29 is 0 Å². The summed E-state index contributed by atoms with van der Waals surface area (Å²) < 4.78 is 0. The molecule has 0 fully saturated rings. The minimum atomic E-state index is 0.421. The van der Waals surface area contributed by atoms with E-state index in [1.165, 1.54) is 0 Å². The van der Waals surface area contributed by atoms with Crippen LogP contribution < -0.4 is 11.1 Å². The topological polar surface area (TPSA) is 89.6 Å². The molecule has 0 radical (unpaired) electrons. The second-order valence-electron chi connectivity index (χ2n) is 4.61. The van der Waals surface area contributed by atoms with Crippen molar-refractivity contribution in [3.05, 3.63) is 54.5 Å². The Bertz CT molecular complexity index is 757. The first-order chi connectivity index (χ1) is 10.2. The summed E-state index contributed by atoms with van der Waals surface area (Å²) in [5.74, 6) is 0.421. The first kappa shape index (κ1) is 13.0. The van der Waals surface area contributed by atoms with Gasteiger partial charge in [0.1, 0.15) is 0 Å². The first-order valence-corrected chi connectivity index (χ1v) is 6.45. The van der Waals surface area contributed by atoms with E-state index in [1.54, 1.807) is 18.6 Å². The van der Waals surface area contributed by atoms with E-state index in [1.807, 2.05) is 37.3 Å². The molecule has 21 heavy (non-hydrogen) atoms. The maximum atomic E-state index is 5.80. The standard InChI is InChI=1S/C15H14N6/c1-10-4-5-12(16)7-13(10)19-15-20-14(9-18-21-15)11-3-2-6-17-8-11/h2-9H,16H2,1H3,(H,19,20,21). The number of benzene rings is 1. The summed E-state index contributed by atoms with van der Waals surface area (Å²) in [4.78, 5) is 8.52. The van der Waals surface area contributed by atoms with Crippen LogP contribution in [0.15, 0.2) is 48.9 Å². The zero-order chi connectivity index (χ0) is 14.7. The summed E-state index contributed by atoms with van der Waals surface area (Å²) in [6, 6.07) is 9.41. The molecule has 6 nitrogen and oxygen atoms in total. The molecule has 0 saturated carbocycles. The summed E-state index contributed by atoms with van der Waals surface area (Å²) in [5.41, 5.74) is 9.99. The van der Waals surface area contributed by atoms with E-state index >= 15 is 0 Å². The highest BCUT2D eigenvalue weighted by Gasteiger charge is 2.05. The molecule has 0 bridgehead atoms. The summed E-state index contributed by atoms with van der Waals surface area (Å²) in [6.07, 6.45) is 5.06. The Labute approximate surface area is 122 Å². The summed E-state index contributed by atoms with van der Waals surface area (Å²) in [5, 5.41) is 11.1. The predicted molar refractivity (Wildman–Crippen MR) is 81.9 cm³/mol. The van der Waals surface area contributed by atoms with E-state index < -0.39 is 0 Å². The largest absolute Gasteiger partial charge is 0.399 e. The van der Waals surface area contributed by atoms with Crippen molar-refractivity contribution in [2.24, 2.45) is 0 Å². The van der Waals surface area contributed by atoms with Crippen LogP contribution in [0.4, 0.5) is 17.3 Å². The number of rotatable bonds is 3. The Balaban J connectivity index is 1.92. The molecular formula is C15H14N6. The smallest absolute Gasteiger partial charge is 0.247 e. The van der Waals surface area contributed by atoms with Crippen LogP contribution in [0.1, 0.15) is 5.56 Å². The van der Waals surface area contributed by atoms with Gasteiger partial charge in [-0.25, -0.2) is 4.98 Å². The number of hydrogen-bond donors (Lipinski definition) is 2. The van der Waals surface area contributed by atoms with E-state index in [4.69, 9.17) is 5.73 Å². The third-order valence-corrected chi connectivity index (χ3v) is 3.02. The van der Waals surface area contributed by atoms with Crippen LogP contribution in [-0.2, 0) is 0 Å². The molecule has 0 unspecified atom stereocenters. The second kappa shape index (κ2) is 5.54. The van der Waals surface area contributed by atoms with Crippen molar-refractivity contribution in [2.45, 2.75) is 6.92 Å². The van der Waals surface area contributed by atoms with Crippen LogP contribution in [0.5, 0.6) is 0 Å². The lowest BCUT2D eigenvalue weighted by Gasteiger charge is -2.09. The van der Waals surface area contributed by atoms with Gasteiger partial charge in [0.15, 0.2) is 0 Å². The molecular weight excluding hydrogens is 264 g/mol. The van der Waals surface area contributed by atoms with E-state index in [0.717, 1.165) is 16.8 Å². The Morgan fingerprint density at radius 3 is 2.86 bits per heavy atom. The average Bonchev–Trinajstić information content (AvgIpc) is 2.52. The molecule has 0 spiro atoms. The predicted octanol–water partition coefficient (Wildman–Crippen LogP) is 2.57. The number of pyridine rings is 1. The van der Waals surface area contributed by atoms with Gasteiger partial charge < -0.3 is 11.1 Å². The number of anilines is 3. The Kier molecular flexibility index (Phi) is 3.42. The molecule has 1 aromatic carbocycles. The number of nitrogens with one attached hydrogen (secondary N) is 1. The van der Waals surface area contributed by atoms with Crippen molar-refractivity contribution in [3.8, 4) is 11.3 Å². The van der Waals surface area contributed by atoms with Crippen molar-refractivity contribution in [3.63, 3.8) is 0 Å². The third-order valence-electron chi connectivity index (χ3n) is 3.02. The number of aryl methyl sites for hydroxylation is 1. The lowest BCUT2D eigenvalue weighted by Crippen LogP contribution is -2.02. The molecule has 104 valence electrons. The fourth-order valence-corrected chi connectivity index (χ4v) is 1.90. The number of nitrogen functional groups attached to an aromatic ring is 1. The molecule has 0 saturated heterocycles.